The number of hydrogen-bond donors (Lipinski definition) is 1. The highest BCUT2D eigenvalue weighted by Gasteiger charge is 2.11. The molecule has 0 atom stereocenters. The van der Waals surface area contributed by atoms with Crippen molar-refractivity contribution in [3.8, 4) is 5.75 Å². The number of ether oxygens (including phenoxy) is 1. The quantitative estimate of drug-likeness (QED) is 0.772. The first kappa shape index (κ1) is 15.0. The van der Waals surface area contributed by atoms with E-state index in [9.17, 15) is 0 Å². The van der Waals surface area contributed by atoms with Crippen LogP contribution in [0.4, 0.5) is 0 Å². The first-order chi connectivity index (χ1) is 8.38. The van der Waals surface area contributed by atoms with E-state index in [1.54, 1.807) is 0 Å². The third-order valence-corrected chi connectivity index (χ3v) is 2.90. The molecule has 0 bridgehead atoms. The normalized spacial score (nSPS) is 11.9. The molecule has 0 amide bonds. The summed E-state index contributed by atoms with van der Waals surface area (Å²) in [6.45, 7) is 13.0. The van der Waals surface area contributed by atoms with Crippen molar-refractivity contribution in [2.45, 2.75) is 52.5 Å². The van der Waals surface area contributed by atoms with Gasteiger partial charge in [0.1, 0.15) is 5.75 Å². The van der Waals surface area contributed by atoms with Gasteiger partial charge in [-0.1, -0.05) is 26.0 Å². The molecule has 2 N–H and O–H groups in total. The Hall–Kier alpha value is -1.02. The predicted molar refractivity (Wildman–Crippen MR) is 77.2 cm³/mol. The zero-order valence-electron chi connectivity index (χ0n) is 12.5. The highest BCUT2D eigenvalue weighted by Crippen LogP contribution is 2.20. The van der Waals surface area contributed by atoms with E-state index in [-0.39, 0.29) is 0 Å². The minimum atomic E-state index is 0.317. The van der Waals surface area contributed by atoms with E-state index in [1.165, 1.54) is 5.56 Å². The molecule has 1 aromatic rings. The van der Waals surface area contributed by atoms with Crippen LogP contribution in [0.25, 0.3) is 0 Å². The maximum absolute atomic E-state index is 5.79. The van der Waals surface area contributed by atoms with Crippen molar-refractivity contribution in [1.82, 2.24) is 0 Å². The van der Waals surface area contributed by atoms with Crippen LogP contribution in [0.5, 0.6) is 5.75 Å². The van der Waals surface area contributed by atoms with Crippen LogP contribution in [0.15, 0.2) is 24.3 Å². The standard InChI is InChI=1S/C16H27NO/c1-13(2)14-8-6-9-15(12-14)18-11-7-10-17-16(3,4)5/h6,8-9,12-13,17H,7,10-11H2,1-5H3/p+1. The summed E-state index contributed by atoms with van der Waals surface area (Å²) in [7, 11) is 0. The van der Waals surface area contributed by atoms with E-state index in [0.717, 1.165) is 25.3 Å². The van der Waals surface area contributed by atoms with Crippen molar-refractivity contribution in [3.63, 3.8) is 0 Å². The molecule has 0 fully saturated rings. The van der Waals surface area contributed by atoms with Crippen molar-refractivity contribution >= 4 is 0 Å². The Labute approximate surface area is 112 Å². The monoisotopic (exact) mass is 250 g/mol. The molecule has 0 unspecified atom stereocenters. The zero-order valence-corrected chi connectivity index (χ0v) is 12.5. The van der Waals surface area contributed by atoms with Gasteiger partial charge >= 0.3 is 0 Å². The fourth-order valence-electron chi connectivity index (χ4n) is 1.77. The maximum atomic E-state index is 5.79. The van der Waals surface area contributed by atoms with Gasteiger partial charge in [-0.3, -0.25) is 0 Å². The Balaban J connectivity index is 2.29. The molecule has 0 heterocycles. The molecule has 1 rings (SSSR count). The second-order valence-corrected chi connectivity index (χ2v) is 6.29. The highest BCUT2D eigenvalue weighted by molar-refractivity contribution is 5.30. The number of nitrogens with two attached hydrogens (primary N) is 1. The molecule has 0 saturated carbocycles. The van der Waals surface area contributed by atoms with Crippen molar-refractivity contribution in [2.75, 3.05) is 13.2 Å². The summed E-state index contributed by atoms with van der Waals surface area (Å²) in [6.07, 6.45) is 1.09. The van der Waals surface area contributed by atoms with Crippen LogP contribution in [0, 0.1) is 0 Å². The molecule has 0 aromatic heterocycles. The molecule has 1 aromatic carbocycles. The molecular formula is C16H28NO+. The Morgan fingerprint density at radius 3 is 2.56 bits per heavy atom. The molecule has 18 heavy (non-hydrogen) atoms. The van der Waals surface area contributed by atoms with E-state index in [0.29, 0.717) is 11.5 Å². The fourth-order valence-corrected chi connectivity index (χ4v) is 1.77. The first-order valence-corrected chi connectivity index (χ1v) is 6.95. The lowest BCUT2D eigenvalue weighted by atomic mass is 10.0. The van der Waals surface area contributed by atoms with Gasteiger partial charge in [-0.05, 0) is 44.4 Å². The van der Waals surface area contributed by atoms with Gasteiger partial charge in [-0.2, -0.15) is 0 Å². The van der Waals surface area contributed by atoms with Gasteiger partial charge in [0, 0.05) is 6.42 Å². The number of quaternary nitrogens is 1. The molecule has 0 saturated heterocycles. The molecule has 0 aliphatic rings. The lowest BCUT2D eigenvalue weighted by Gasteiger charge is -2.16. The largest absolute Gasteiger partial charge is 0.493 e. The minimum Gasteiger partial charge on any atom is -0.493 e. The molecule has 2 heteroatoms. The van der Waals surface area contributed by atoms with Crippen LogP contribution < -0.4 is 10.1 Å². The maximum Gasteiger partial charge on any atom is 0.119 e. The SMILES string of the molecule is CC(C)c1cccc(OCCC[NH2+]C(C)(C)C)c1. The summed E-state index contributed by atoms with van der Waals surface area (Å²) in [6, 6.07) is 8.42. The van der Waals surface area contributed by atoms with Crippen LogP contribution in [0.2, 0.25) is 0 Å². The van der Waals surface area contributed by atoms with Gasteiger partial charge in [0.15, 0.2) is 0 Å². The van der Waals surface area contributed by atoms with Gasteiger partial charge in [0.05, 0.1) is 18.7 Å². The average Bonchev–Trinajstić information content (AvgIpc) is 2.27. The lowest BCUT2D eigenvalue weighted by molar-refractivity contribution is -0.717. The summed E-state index contributed by atoms with van der Waals surface area (Å²) in [4.78, 5) is 0. The topological polar surface area (TPSA) is 25.8 Å². The number of hydrogen-bond acceptors (Lipinski definition) is 1. The predicted octanol–water partition coefficient (Wildman–Crippen LogP) is 2.94. The van der Waals surface area contributed by atoms with E-state index < -0.39 is 0 Å². The third-order valence-electron chi connectivity index (χ3n) is 2.90. The third kappa shape index (κ3) is 6.06. The van der Waals surface area contributed by atoms with Crippen LogP contribution in [0.1, 0.15) is 52.5 Å². The van der Waals surface area contributed by atoms with Gasteiger partial charge in [-0.25, -0.2) is 0 Å². The number of benzene rings is 1. The van der Waals surface area contributed by atoms with Crippen LogP contribution in [-0.2, 0) is 0 Å². The zero-order chi connectivity index (χ0) is 13.6. The van der Waals surface area contributed by atoms with Gasteiger partial charge in [-0.15, -0.1) is 0 Å². The Bertz CT molecular complexity index is 352. The molecular weight excluding hydrogens is 222 g/mol. The molecule has 0 spiro atoms. The lowest BCUT2D eigenvalue weighted by Crippen LogP contribution is -2.94. The highest BCUT2D eigenvalue weighted by atomic mass is 16.5. The van der Waals surface area contributed by atoms with Crippen molar-refractivity contribution < 1.29 is 10.1 Å². The van der Waals surface area contributed by atoms with E-state index in [4.69, 9.17) is 4.74 Å². The average molecular weight is 250 g/mol. The summed E-state index contributed by atoms with van der Waals surface area (Å²) >= 11 is 0. The van der Waals surface area contributed by atoms with Crippen molar-refractivity contribution in [1.29, 1.82) is 0 Å². The van der Waals surface area contributed by atoms with Crippen molar-refractivity contribution in [2.24, 2.45) is 0 Å². The van der Waals surface area contributed by atoms with Gasteiger partial charge in [0.2, 0.25) is 0 Å². The van der Waals surface area contributed by atoms with Gasteiger partial charge < -0.3 is 10.1 Å². The summed E-state index contributed by atoms with van der Waals surface area (Å²) in [5, 5.41) is 2.36. The van der Waals surface area contributed by atoms with E-state index in [2.05, 4.69) is 58.1 Å². The van der Waals surface area contributed by atoms with E-state index >= 15 is 0 Å². The van der Waals surface area contributed by atoms with Crippen LogP contribution in [-0.4, -0.2) is 18.7 Å². The minimum absolute atomic E-state index is 0.317. The molecule has 0 aliphatic heterocycles. The van der Waals surface area contributed by atoms with E-state index in [1.807, 2.05) is 6.07 Å². The Morgan fingerprint density at radius 1 is 1.22 bits per heavy atom. The Morgan fingerprint density at radius 2 is 1.94 bits per heavy atom. The summed E-state index contributed by atoms with van der Waals surface area (Å²) < 4.78 is 5.79. The summed E-state index contributed by atoms with van der Waals surface area (Å²) in [5.74, 6) is 1.56. The molecule has 102 valence electrons. The second kappa shape index (κ2) is 6.79. The molecule has 2 nitrogen and oxygen atoms in total. The fraction of sp³-hybridized carbons (Fsp3) is 0.625. The Kier molecular flexibility index (Phi) is 5.67. The van der Waals surface area contributed by atoms with Crippen LogP contribution in [0.3, 0.4) is 0 Å². The first-order valence-electron chi connectivity index (χ1n) is 6.95. The molecule has 0 aliphatic carbocycles. The van der Waals surface area contributed by atoms with Crippen LogP contribution >= 0.6 is 0 Å². The smallest absolute Gasteiger partial charge is 0.119 e. The van der Waals surface area contributed by atoms with Crippen molar-refractivity contribution in [3.05, 3.63) is 29.8 Å². The second-order valence-electron chi connectivity index (χ2n) is 6.29. The van der Waals surface area contributed by atoms with Gasteiger partial charge in [0.25, 0.3) is 0 Å². The summed E-state index contributed by atoms with van der Waals surface area (Å²) in [5.41, 5.74) is 1.66. The number of rotatable bonds is 6. The molecule has 0 radical (unpaired) electrons.